The number of aromatic nitrogens is 3. The van der Waals surface area contributed by atoms with Crippen LogP contribution in [0, 0.1) is 25.5 Å². The van der Waals surface area contributed by atoms with E-state index in [1.807, 2.05) is 0 Å². The molecule has 0 atom stereocenters. The normalized spacial score (nSPS) is 10.4. The molecule has 0 saturated carbocycles. The van der Waals surface area contributed by atoms with Gasteiger partial charge >= 0.3 is 0 Å². The van der Waals surface area contributed by atoms with Crippen molar-refractivity contribution in [2.24, 2.45) is 0 Å². The zero-order valence-electron chi connectivity index (χ0n) is 10.7. The fourth-order valence-electron chi connectivity index (χ4n) is 1.45. The quantitative estimate of drug-likeness (QED) is 0.814. The number of amides is 1. The summed E-state index contributed by atoms with van der Waals surface area (Å²) in [4.78, 5) is 15.8. The number of halogens is 2. The van der Waals surface area contributed by atoms with Crippen LogP contribution in [0.4, 0.5) is 20.4 Å². The van der Waals surface area contributed by atoms with Gasteiger partial charge < -0.3 is 5.73 Å². The molecule has 0 spiro atoms. The second-order valence-electron chi connectivity index (χ2n) is 4.12. The summed E-state index contributed by atoms with van der Waals surface area (Å²) in [7, 11) is 0. The van der Waals surface area contributed by atoms with Crippen molar-refractivity contribution in [2.75, 3.05) is 11.1 Å². The van der Waals surface area contributed by atoms with Crippen LogP contribution in [0.25, 0.3) is 0 Å². The van der Waals surface area contributed by atoms with Gasteiger partial charge in [0.25, 0.3) is 5.91 Å². The van der Waals surface area contributed by atoms with Crippen LogP contribution < -0.4 is 11.1 Å². The standard InChI is InChI=1S/C12H11F2N5O/c1-5-6(2)18-19-12(16-5)17-11(20)8-3-7(13)4-9(15)10(8)14/h3-4H,15H2,1-2H3,(H,16,17,19,20). The molecule has 0 bridgehead atoms. The number of nitrogens with two attached hydrogens (primary N) is 1. The van der Waals surface area contributed by atoms with Crippen LogP contribution in [0.1, 0.15) is 21.7 Å². The molecule has 0 aliphatic heterocycles. The molecule has 2 rings (SSSR count). The lowest BCUT2D eigenvalue weighted by Crippen LogP contribution is -2.18. The highest BCUT2D eigenvalue weighted by Crippen LogP contribution is 2.18. The monoisotopic (exact) mass is 279 g/mol. The topological polar surface area (TPSA) is 93.8 Å². The molecule has 8 heteroatoms. The van der Waals surface area contributed by atoms with Crippen molar-refractivity contribution in [3.63, 3.8) is 0 Å². The molecular weight excluding hydrogens is 268 g/mol. The van der Waals surface area contributed by atoms with Crippen LogP contribution in [0.5, 0.6) is 0 Å². The fourth-order valence-corrected chi connectivity index (χ4v) is 1.45. The predicted molar refractivity (Wildman–Crippen MR) is 68.0 cm³/mol. The van der Waals surface area contributed by atoms with Crippen LogP contribution in [-0.2, 0) is 0 Å². The third-order valence-corrected chi connectivity index (χ3v) is 2.63. The van der Waals surface area contributed by atoms with Gasteiger partial charge in [-0.3, -0.25) is 10.1 Å². The smallest absolute Gasteiger partial charge is 0.261 e. The van der Waals surface area contributed by atoms with E-state index in [1.165, 1.54) is 0 Å². The second kappa shape index (κ2) is 5.16. The number of hydrogen-bond donors (Lipinski definition) is 2. The van der Waals surface area contributed by atoms with Crippen LogP contribution in [0.2, 0.25) is 0 Å². The van der Waals surface area contributed by atoms with Crippen molar-refractivity contribution < 1.29 is 13.6 Å². The number of benzene rings is 1. The molecule has 1 amide bonds. The van der Waals surface area contributed by atoms with Gasteiger partial charge in [0.15, 0.2) is 5.82 Å². The summed E-state index contributed by atoms with van der Waals surface area (Å²) in [5.74, 6) is -2.81. The Morgan fingerprint density at radius 2 is 1.90 bits per heavy atom. The molecule has 3 N–H and O–H groups in total. The van der Waals surface area contributed by atoms with Crippen LogP contribution in [-0.4, -0.2) is 21.1 Å². The molecule has 0 saturated heterocycles. The molecular formula is C12H11F2N5O. The highest BCUT2D eigenvalue weighted by atomic mass is 19.1. The third kappa shape index (κ3) is 2.68. The lowest BCUT2D eigenvalue weighted by molar-refractivity contribution is 0.102. The molecule has 2 aromatic rings. The number of rotatable bonds is 2. The average molecular weight is 279 g/mol. The lowest BCUT2D eigenvalue weighted by Gasteiger charge is -2.07. The van der Waals surface area contributed by atoms with E-state index >= 15 is 0 Å². The Morgan fingerprint density at radius 3 is 2.55 bits per heavy atom. The van der Waals surface area contributed by atoms with Gasteiger partial charge in [-0.15, -0.1) is 5.10 Å². The van der Waals surface area contributed by atoms with Crippen molar-refractivity contribution >= 4 is 17.5 Å². The fraction of sp³-hybridized carbons (Fsp3) is 0.167. The summed E-state index contributed by atoms with van der Waals surface area (Å²) in [5, 5.41) is 9.64. The van der Waals surface area contributed by atoms with Crippen molar-refractivity contribution in [3.8, 4) is 0 Å². The van der Waals surface area contributed by atoms with E-state index in [0.717, 1.165) is 12.1 Å². The van der Waals surface area contributed by atoms with E-state index < -0.39 is 28.8 Å². The van der Waals surface area contributed by atoms with Crippen LogP contribution in [0.3, 0.4) is 0 Å². The molecule has 0 radical (unpaired) electrons. The highest BCUT2D eigenvalue weighted by Gasteiger charge is 2.17. The Balaban J connectivity index is 2.30. The summed E-state index contributed by atoms with van der Waals surface area (Å²) in [6.07, 6.45) is 0. The van der Waals surface area contributed by atoms with Gasteiger partial charge in [0.05, 0.1) is 22.6 Å². The van der Waals surface area contributed by atoms with Gasteiger partial charge in [-0.2, -0.15) is 5.10 Å². The predicted octanol–water partition coefficient (Wildman–Crippen LogP) is 1.60. The highest BCUT2D eigenvalue weighted by molar-refractivity contribution is 6.04. The second-order valence-corrected chi connectivity index (χ2v) is 4.12. The van der Waals surface area contributed by atoms with Crippen LogP contribution >= 0.6 is 0 Å². The summed E-state index contributed by atoms with van der Waals surface area (Å²) < 4.78 is 26.8. The first-order valence-corrected chi connectivity index (χ1v) is 5.62. The van der Waals surface area contributed by atoms with Gasteiger partial charge in [-0.25, -0.2) is 13.8 Å². The van der Waals surface area contributed by atoms with Gasteiger partial charge in [-0.05, 0) is 26.0 Å². The van der Waals surface area contributed by atoms with Gasteiger partial charge in [0.2, 0.25) is 5.95 Å². The zero-order valence-corrected chi connectivity index (χ0v) is 10.7. The van der Waals surface area contributed by atoms with E-state index in [4.69, 9.17) is 5.73 Å². The first-order chi connectivity index (χ1) is 9.38. The Labute approximate surface area is 113 Å². The Morgan fingerprint density at radius 1 is 1.20 bits per heavy atom. The minimum absolute atomic E-state index is 0.0969. The SMILES string of the molecule is Cc1nnc(NC(=O)c2cc(F)cc(N)c2F)nc1C. The summed E-state index contributed by atoms with van der Waals surface area (Å²) in [6.45, 7) is 3.38. The largest absolute Gasteiger partial charge is 0.396 e. The number of carbonyl (C=O) groups is 1. The number of aryl methyl sites for hydroxylation is 2. The Kier molecular flexibility index (Phi) is 3.55. The molecule has 0 unspecified atom stereocenters. The van der Waals surface area contributed by atoms with Crippen molar-refractivity contribution in [1.82, 2.24) is 15.2 Å². The van der Waals surface area contributed by atoms with E-state index in [2.05, 4.69) is 20.5 Å². The van der Waals surface area contributed by atoms with Gasteiger partial charge in [0.1, 0.15) is 5.82 Å². The van der Waals surface area contributed by atoms with Crippen molar-refractivity contribution in [1.29, 1.82) is 0 Å². The van der Waals surface area contributed by atoms with E-state index in [0.29, 0.717) is 11.4 Å². The van der Waals surface area contributed by atoms with Crippen molar-refractivity contribution in [3.05, 3.63) is 40.7 Å². The molecule has 6 nitrogen and oxygen atoms in total. The summed E-state index contributed by atoms with van der Waals surface area (Å²) >= 11 is 0. The molecule has 0 aliphatic carbocycles. The molecule has 20 heavy (non-hydrogen) atoms. The lowest BCUT2D eigenvalue weighted by atomic mass is 10.1. The molecule has 0 aliphatic rings. The zero-order chi connectivity index (χ0) is 14.9. The number of nitrogen functional groups attached to an aromatic ring is 1. The minimum atomic E-state index is -0.999. The molecule has 1 aromatic carbocycles. The van der Waals surface area contributed by atoms with Gasteiger partial charge in [-0.1, -0.05) is 0 Å². The average Bonchev–Trinajstić information content (AvgIpc) is 2.38. The summed E-state index contributed by atoms with van der Waals surface area (Å²) in [6, 6.07) is 1.54. The minimum Gasteiger partial charge on any atom is -0.396 e. The van der Waals surface area contributed by atoms with Gasteiger partial charge in [0, 0.05) is 0 Å². The van der Waals surface area contributed by atoms with Crippen molar-refractivity contribution in [2.45, 2.75) is 13.8 Å². The third-order valence-electron chi connectivity index (χ3n) is 2.63. The maximum atomic E-state index is 13.7. The number of nitrogens with zero attached hydrogens (tertiary/aromatic N) is 3. The molecule has 1 heterocycles. The number of hydrogen-bond acceptors (Lipinski definition) is 5. The van der Waals surface area contributed by atoms with E-state index in [1.54, 1.807) is 13.8 Å². The van der Waals surface area contributed by atoms with E-state index in [-0.39, 0.29) is 5.95 Å². The summed E-state index contributed by atoms with van der Waals surface area (Å²) in [5.41, 5.74) is 5.45. The first kappa shape index (κ1) is 13.8. The Hall–Kier alpha value is -2.64. The number of anilines is 2. The Bertz CT molecular complexity index is 690. The first-order valence-electron chi connectivity index (χ1n) is 5.62. The maximum Gasteiger partial charge on any atom is 0.261 e. The van der Waals surface area contributed by atoms with Crippen LogP contribution in [0.15, 0.2) is 12.1 Å². The molecule has 104 valence electrons. The maximum absolute atomic E-state index is 13.7. The van der Waals surface area contributed by atoms with E-state index in [9.17, 15) is 13.6 Å². The number of nitrogens with one attached hydrogen (secondary N) is 1. The molecule has 0 fully saturated rings. The molecule has 1 aromatic heterocycles. The number of carbonyl (C=O) groups excluding carboxylic acids is 1.